The molecule has 42 heavy (non-hydrogen) atoms. The van der Waals surface area contributed by atoms with E-state index in [1.54, 1.807) is 6.20 Å². The third-order valence-electron chi connectivity index (χ3n) is 7.79. The Morgan fingerprint density at radius 2 is 2.05 bits per heavy atom. The monoisotopic (exact) mass is 608 g/mol. The molecule has 3 aliphatic heterocycles. The number of thioether (sulfide) groups is 1. The maximum Gasteiger partial charge on any atom is 0.320 e. The number of thiophene rings is 1. The highest BCUT2D eigenvalue weighted by molar-refractivity contribution is 8.00. The topological polar surface area (TPSA) is 166 Å². The molecule has 14 heteroatoms. The number of halogens is 1. The van der Waals surface area contributed by atoms with E-state index < -0.39 is 6.17 Å². The SMILES string of the molecule is CCN(c1nc(OC)nc(N2CC3(C2)SCc2sc(N)c(C#N)c23)c1C#N)C(C)c1cccnc1N.FC1CCNC1. The highest BCUT2D eigenvalue weighted by Gasteiger charge is 2.53. The summed E-state index contributed by atoms with van der Waals surface area (Å²) in [6.45, 7) is 7.24. The number of hydrogen-bond acceptors (Lipinski definition) is 13. The second-order valence-corrected chi connectivity index (χ2v) is 12.8. The van der Waals surface area contributed by atoms with E-state index in [0.29, 0.717) is 66.2 Å². The average molecular weight is 609 g/mol. The van der Waals surface area contributed by atoms with Crippen LogP contribution in [0.5, 0.6) is 6.01 Å². The number of nitrogens with one attached hydrogen (secondary N) is 1. The summed E-state index contributed by atoms with van der Waals surface area (Å²) in [5, 5.41) is 23.4. The average Bonchev–Trinajstić information content (AvgIpc) is 3.68. The van der Waals surface area contributed by atoms with Crippen LogP contribution in [0, 0.1) is 22.7 Å². The van der Waals surface area contributed by atoms with Crippen molar-refractivity contribution in [2.24, 2.45) is 0 Å². The number of alkyl halides is 1. The zero-order valence-electron chi connectivity index (χ0n) is 23.7. The summed E-state index contributed by atoms with van der Waals surface area (Å²) in [5.74, 6) is 2.27. The van der Waals surface area contributed by atoms with E-state index in [-0.39, 0.29) is 16.8 Å². The number of nitriles is 2. The van der Waals surface area contributed by atoms with Crippen LogP contribution < -0.4 is 31.3 Å². The lowest BCUT2D eigenvalue weighted by Crippen LogP contribution is -2.57. The van der Waals surface area contributed by atoms with E-state index in [2.05, 4.69) is 37.3 Å². The molecule has 6 heterocycles. The lowest BCUT2D eigenvalue weighted by Gasteiger charge is -2.48. The van der Waals surface area contributed by atoms with Crippen molar-refractivity contribution in [3.8, 4) is 18.1 Å². The zero-order chi connectivity index (χ0) is 30.0. The number of aromatic nitrogens is 3. The van der Waals surface area contributed by atoms with Crippen LogP contribution in [0.15, 0.2) is 18.3 Å². The molecule has 2 unspecified atom stereocenters. The summed E-state index contributed by atoms with van der Waals surface area (Å²) in [7, 11) is 1.51. The third kappa shape index (κ3) is 5.26. The summed E-state index contributed by atoms with van der Waals surface area (Å²) < 4.78 is 17.1. The van der Waals surface area contributed by atoms with E-state index in [4.69, 9.17) is 16.2 Å². The molecule has 6 rings (SSSR count). The molecule has 0 amide bonds. The molecular weight excluding hydrogens is 576 g/mol. The first-order valence-electron chi connectivity index (χ1n) is 13.6. The second-order valence-electron chi connectivity index (χ2n) is 10.3. The van der Waals surface area contributed by atoms with E-state index in [0.717, 1.165) is 28.3 Å². The van der Waals surface area contributed by atoms with Crippen molar-refractivity contribution < 1.29 is 9.13 Å². The Morgan fingerprint density at radius 3 is 2.62 bits per heavy atom. The Kier molecular flexibility index (Phi) is 8.59. The van der Waals surface area contributed by atoms with Crippen molar-refractivity contribution in [3.63, 3.8) is 0 Å². The Morgan fingerprint density at radius 1 is 1.29 bits per heavy atom. The predicted molar refractivity (Wildman–Crippen MR) is 164 cm³/mol. The number of fused-ring (bicyclic) bond motifs is 2. The van der Waals surface area contributed by atoms with Gasteiger partial charge in [0, 0.05) is 54.1 Å². The molecule has 0 saturated carbocycles. The van der Waals surface area contributed by atoms with Gasteiger partial charge >= 0.3 is 6.01 Å². The molecule has 3 aromatic heterocycles. The highest BCUT2D eigenvalue weighted by Crippen LogP contribution is 2.58. The molecule has 2 fully saturated rings. The van der Waals surface area contributed by atoms with E-state index in [1.807, 2.05) is 42.6 Å². The summed E-state index contributed by atoms with van der Waals surface area (Å²) >= 11 is 3.32. The number of anilines is 4. The minimum atomic E-state index is -0.565. The lowest BCUT2D eigenvalue weighted by molar-refractivity contribution is 0.361. The van der Waals surface area contributed by atoms with Crippen molar-refractivity contribution in [1.29, 1.82) is 10.5 Å². The quantitative estimate of drug-likeness (QED) is 0.372. The van der Waals surface area contributed by atoms with Crippen LogP contribution in [-0.4, -0.2) is 61.0 Å². The Labute approximate surface area is 252 Å². The summed E-state index contributed by atoms with van der Waals surface area (Å²) in [4.78, 5) is 18.6. The normalized spacial score (nSPS) is 18.7. The number of pyridine rings is 1. The van der Waals surface area contributed by atoms with Gasteiger partial charge in [0.25, 0.3) is 0 Å². The van der Waals surface area contributed by atoms with Crippen LogP contribution in [0.4, 0.5) is 26.8 Å². The standard InChI is InChI=1S/C24H25N9OS2.C4H8FN/c1-4-33(13(2)14-6-5-7-29-19(14)27)22-16(9-26)21(30-23(31-22)34-3)32-11-24(12-32)18-15(8-25)20(28)36-17(18)10-35-24;5-4-1-2-6-3-4/h5-7,13H,4,10-12,28H2,1-3H3,(H2,27,29);4,6H,1-3H2. The van der Waals surface area contributed by atoms with Gasteiger partial charge in [0.1, 0.15) is 34.7 Å². The number of nitrogens with zero attached hydrogens (tertiary/aromatic N) is 7. The zero-order valence-corrected chi connectivity index (χ0v) is 25.4. The minimum absolute atomic E-state index is 0.182. The van der Waals surface area contributed by atoms with Gasteiger partial charge in [-0.1, -0.05) is 6.07 Å². The first kappa shape index (κ1) is 29.6. The molecule has 2 saturated heterocycles. The molecule has 3 aromatic rings. The van der Waals surface area contributed by atoms with Crippen LogP contribution in [0.1, 0.15) is 53.4 Å². The van der Waals surface area contributed by atoms with Gasteiger partial charge < -0.3 is 31.3 Å². The summed E-state index contributed by atoms with van der Waals surface area (Å²) in [6.07, 6.45) is 1.80. The number of rotatable bonds is 6. The molecule has 0 aliphatic carbocycles. The van der Waals surface area contributed by atoms with Crippen LogP contribution in [0.2, 0.25) is 0 Å². The minimum Gasteiger partial charge on any atom is -0.467 e. The van der Waals surface area contributed by atoms with Gasteiger partial charge in [-0.25, -0.2) is 9.37 Å². The highest BCUT2D eigenvalue weighted by atomic mass is 32.2. The van der Waals surface area contributed by atoms with Crippen LogP contribution in [-0.2, 0) is 10.5 Å². The predicted octanol–water partition coefficient (Wildman–Crippen LogP) is 3.72. The first-order valence-corrected chi connectivity index (χ1v) is 15.5. The van der Waals surface area contributed by atoms with E-state index in [1.165, 1.54) is 18.4 Å². The smallest absolute Gasteiger partial charge is 0.320 e. The number of ether oxygens (including phenoxy) is 1. The fraction of sp³-hybridized carbons (Fsp3) is 0.464. The summed E-state index contributed by atoms with van der Waals surface area (Å²) in [5.41, 5.74) is 15.1. The van der Waals surface area contributed by atoms with Crippen molar-refractivity contribution in [1.82, 2.24) is 20.3 Å². The van der Waals surface area contributed by atoms with Crippen LogP contribution in [0.25, 0.3) is 0 Å². The number of hydrogen-bond donors (Lipinski definition) is 3. The Bertz CT molecular complexity index is 1540. The molecule has 1 spiro atoms. The van der Waals surface area contributed by atoms with Gasteiger partial charge in [0.15, 0.2) is 11.6 Å². The molecule has 3 aliphatic rings. The number of nitrogens with two attached hydrogens (primary N) is 2. The van der Waals surface area contributed by atoms with E-state index in [9.17, 15) is 14.9 Å². The maximum atomic E-state index is 11.9. The van der Waals surface area contributed by atoms with Crippen molar-refractivity contribution >= 4 is 45.6 Å². The first-order chi connectivity index (χ1) is 20.3. The fourth-order valence-electron chi connectivity index (χ4n) is 5.66. The molecule has 11 nitrogen and oxygen atoms in total. The Hall–Kier alpha value is -3.85. The van der Waals surface area contributed by atoms with Crippen LogP contribution in [0.3, 0.4) is 0 Å². The van der Waals surface area contributed by atoms with Crippen molar-refractivity contribution in [2.75, 3.05) is 61.1 Å². The molecule has 2 atom stereocenters. The van der Waals surface area contributed by atoms with Crippen LogP contribution >= 0.6 is 23.1 Å². The Balaban J connectivity index is 0.000000524. The van der Waals surface area contributed by atoms with Gasteiger partial charge in [0.2, 0.25) is 0 Å². The van der Waals surface area contributed by atoms with Gasteiger partial charge in [-0.2, -0.15) is 20.5 Å². The fourth-order valence-corrected chi connectivity index (χ4v) is 8.47. The van der Waals surface area contributed by atoms with Crippen molar-refractivity contribution in [2.45, 2.75) is 43.0 Å². The van der Waals surface area contributed by atoms with Gasteiger partial charge in [0.05, 0.1) is 23.5 Å². The molecular formula is C28H33FN10OS2. The maximum absolute atomic E-state index is 11.9. The number of methoxy groups -OCH3 is 1. The second kappa shape index (κ2) is 12.2. The molecule has 0 aromatic carbocycles. The third-order valence-corrected chi connectivity index (χ3v) is 10.4. The molecule has 220 valence electrons. The molecule has 5 N–H and O–H groups in total. The van der Waals surface area contributed by atoms with Crippen molar-refractivity contribution in [3.05, 3.63) is 45.5 Å². The van der Waals surface area contributed by atoms with E-state index >= 15 is 0 Å². The lowest BCUT2D eigenvalue weighted by atomic mass is 9.88. The number of nitrogen functional groups attached to an aromatic ring is 2. The summed E-state index contributed by atoms with van der Waals surface area (Å²) in [6, 6.07) is 8.39. The molecule has 0 radical (unpaired) electrons. The van der Waals surface area contributed by atoms with Gasteiger partial charge in [-0.3, -0.25) is 0 Å². The largest absolute Gasteiger partial charge is 0.467 e. The van der Waals surface area contributed by atoms with Gasteiger partial charge in [-0.05, 0) is 32.9 Å². The molecule has 0 bridgehead atoms. The van der Waals surface area contributed by atoms with Gasteiger partial charge in [-0.15, -0.1) is 23.1 Å².